The summed E-state index contributed by atoms with van der Waals surface area (Å²) in [6, 6.07) is 5.19. The van der Waals surface area contributed by atoms with Gasteiger partial charge in [-0.05, 0) is 61.4 Å². The SMILES string of the molecule is CCc1c(C)cc(C(=O)N2CCC(Cc3cc(F)cc(F)c3)C2)c(=O)n1C. The van der Waals surface area contributed by atoms with Gasteiger partial charge in [-0.15, -0.1) is 0 Å². The molecule has 0 bridgehead atoms. The molecular formula is C21H24F2N2O2. The van der Waals surface area contributed by atoms with Gasteiger partial charge in [-0.1, -0.05) is 6.92 Å². The van der Waals surface area contributed by atoms with E-state index in [-0.39, 0.29) is 22.9 Å². The van der Waals surface area contributed by atoms with Gasteiger partial charge in [0, 0.05) is 31.9 Å². The summed E-state index contributed by atoms with van der Waals surface area (Å²) in [5.41, 5.74) is 2.34. The number of rotatable bonds is 4. The molecule has 1 aliphatic rings. The molecule has 1 amide bonds. The number of carbonyl (C=O) groups excluding carboxylic acids is 1. The first-order valence-corrected chi connectivity index (χ1v) is 9.24. The molecule has 4 nitrogen and oxygen atoms in total. The molecule has 1 aromatic heterocycles. The van der Waals surface area contributed by atoms with E-state index in [0.29, 0.717) is 25.1 Å². The summed E-state index contributed by atoms with van der Waals surface area (Å²) in [7, 11) is 1.69. The molecule has 2 heterocycles. The predicted molar refractivity (Wildman–Crippen MR) is 99.9 cm³/mol. The van der Waals surface area contributed by atoms with Crippen molar-refractivity contribution in [2.45, 2.75) is 33.1 Å². The van der Waals surface area contributed by atoms with Crippen LogP contribution in [-0.4, -0.2) is 28.5 Å². The zero-order chi connectivity index (χ0) is 19.7. The molecule has 0 aliphatic carbocycles. The molecule has 144 valence electrons. The van der Waals surface area contributed by atoms with Crippen LogP contribution in [0.4, 0.5) is 8.78 Å². The molecule has 0 radical (unpaired) electrons. The fourth-order valence-corrected chi connectivity index (χ4v) is 4.01. The van der Waals surface area contributed by atoms with Gasteiger partial charge in [-0.2, -0.15) is 0 Å². The highest BCUT2D eigenvalue weighted by Gasteiger charge is 2.29. The zero-order valence-electron chi connectivity index (χ0n) is 15.9. The van der Waals surface area contributed by atoms with Crippen molar-refractivity contribution in [2.75, 3.05) is 13.1 Å². The van der Waals surface area contributed by atoms with Crippen LogP contribution in [0.15, 0.2) is 29.1 Å². The van der Waals surface area contributed by atoms with Crippen molar-refractivity contribution >= 4 is 5.91 Å². The lowest BCUT2D eigenvalue weighted by molar-refractivity contribution is 0.0784. The molecule has 1 aromatic carbocycles. The van der Waals surface area contributed by atoms with E-state index in [1.807, 2.05) is 13.8 Å². The first kappa shape index (κ1) is 19.3. The molecule has 6 heteroatoms. The van der Waals surface area contributed by atoms with Crippen LogP contribution in [0.3, 0.4) is 0 Å². The summed E-state index contributed by atoms with van der Waals surface area (Å²) in [5.74, 6) is -1.33. The van der Waals surface area contributed by atoms with Crippen molar-refractivity contribution in [1.29, 1.82) is 0 Å². The highest BCUT2D eigenvalue weighted by Crippen LogP contribution is 2.23. The number of benzene rings is 1. The summed E-state index contributed by atoms with van der Waals surface area (Å²) in [5, 5.41) is 0. The van der Waals surface area contributed by atoms with Crippen molar-refractivity contribution in [3.8, 4) is 0 Å². The second kappa shape index (κ2) is 7.62. The van der Waals surface area contributed by atoms with Gasteiger partial charge < -0.3 is 9.47 Å². The largest absolute Gasteiger partial charge is 0.338 e. The molecule has 1 fully saturated rings. The standard InChI is InChI=1S/C21H24F2N2O2/c1-4-19-13(2)7-18(20(26)24(19)3)21(27)25-6-5-14(12-25)8-15-9-16(22)11-17(23)10-15/h7,9-11,14H,4-6,8,12H2,1-3H3. The maximum Gasteiger partial charge on any atom is 0.263 e. The molecule has 2 aromatic rings. The van der Waals surface area contributed by atoms with Gasteiger partial charge >= 0.3 is 0 Å². The molecule has 1 unspecified atom stereocenters. The molecule has 0 saturated carbocycles. The van der Waals surface area contributed by atoms with Gasteiger partial charge in [0.1, 0.15) is 17.2 Å². The van der Waals surface area contributed by atoms with E-state index < -0.39 is 11.6 Å². The normalized spacial score (nSPS) is 16.8. The summed E-state index contributed by atoms with van der Waals surface area (Å²) in [4.78, 5) is 27.1. The van der Waals surface area contributed by atoms with Crippen molar-refractivity contribution in [1.82, 2.24) is 9.47 Å². The quantitative estimate of drug-likeness (QED) is 0.825. The van der Waals surface area contributed by atoms with Gasteiger partial charge in [0.05, 0.1) is 0 Å². The van der Waals surface area contributed by atoms with Crippen LogP contribution in [0, 0.1) is 24.5 Å². The molecular weight excluding hydrogens is 350 g/mol. The number of carbonyl (C=O) groups is 1. The smallest absolute Gasteiger partial charge is 0.263 e. The molecule has 0 N–H and O–H groups in total. The van der Waals surface area contributed by atoms with E-state index >= 15 is 0 Å². The highest BCUT2D eigenvalue weighted by atomic mass is 19.1. The monoisotopic (exact) mass is 374 g/mol. The number of pyridine rings is 1. The minimum absolute atomic E-state index is 0.120. The number of halogens is 2. The van der Waals surface area contributed by atoms with Crippen molar-refractivity contribution in [3.63, 3.8) is 0 Å². The maximum atomic E-state index is 13.4. The van der Waals surface area contributed by atoms with E-state index in [1.165, 1.54) is 12.1 Å². The number of hydrogen-bond donors (Lipinski definition) is 0. The number of likely N-dealkylation sites (tertiary alicyclic amines) is 1. The van der Waals surface area contributed by atoms with E-state index in [0.717, 1.165) is 30.2 Å². The molecule has 3 rings (SSSR count). The Balaban J connectivity index is 1.75. The second-order valence-electron chi connectivity index (χ2n) is 7.29. The zero-order valence-corrected chi connectivity index (χ0v) is 15.9. The van der Waals surface area contributed by atoms with Crippen LogP contribution in [-0.2, 0) is 19.9 Å². The summed E-state index contributed by atoms with van der Waals surface area (Å²) in [6.07, 6.45) is 1.97. The number of aryl methyl sites for hydroxylation is 1. The van der Waals surface area contributed by atoms with E-state index in [2.05, 4.69) is 0 Å². The Morgan fingerprint density at radius 1 is 1.19 bits per heavy atom. The molecule has 27 heavy (non-hydrogen) atoms. The third-order valence-corrected chi connectivity index (χ3v) is 5.34. The fourth-order valence-electron chi connectivity index (χ4n) is 4.01. The van der Waals surface area contributed by atoms with Crippen LogP contribution in [0.5, 0.6) is 0 Å². The minimum atomic E-state index is -0.592. The summed E-state index contributed by atoms with van der Waals surface area (Å²) >= 11 is 0. The van der Waals surface area contributed by atoms with Crippen LogP contribution >= 0.6 is 0 Å². The van der Waals surface area contributed by atoms with E-state index in [1.54, 1.807) is 22.6 Å². The van der Waals surface area contributed by atoms with Gasteiger partial charge in [-0.3, -0.25) is 9.59 Å². The second-order valence-corrected chi connectivity index (χ2v) is 7.29. The Hall–Kier alpha value is -2.50. The lowest BCUT2D eigenvalue weighted by Crippen LogP contribution is -2.36. The summed E-state index contributed by atoms with van der Waals surface area (Å²) < 4.78 is 28.3. The minimum Gasteiger partial charge on any atom is -0.338 e. The third kappa shape index (κ3) is 3.94. The number of hydrogen-bond acceptors (Lipinski definition) is 2. The van der Waals surface area contributed by atoms with E-state index in [9.17, 15) is 18.4 Å². The van der Waals surface area contributed by atoms with Crippen molar-refractivity contribution in [2.24, 2.45) is 13.0 Å². The van der Waals surface area contributed by atoms with Crippen molar-refractivity contribution < 1.29 is 13.6 Å². The average molecular weight is 374 g/mol. The maximum absolute atomic E-state index is 13.4. The Morgan fingerprint density at radius 3 is 2.48 bits per heavy atom. The average Bonchev–Trinajstić information content (AvgIpc) is 3.05. The highest BCUT2D eigenvalue weighted by molar-refractivity contribution is 5.94. The Labute approximate surface area is 157 Å². The van der Waals surface area contributed by atoms with E-state index in [4.69, 9.17) is 0 Å². The van der Waals surface area contributed by atoms with Crippen LogP contribution in [0.1, 0.15) is 40.5 Å². The molecule has 1 aliphatic heterocycles. The topological polar surface area (TPSA) is 42.3 Å². The van der Waals surface area contributed by atoms with Gasteiger partial charge in [0.15, 0.2) is 0 Å². The Bertz CT molecular complexity index is 916. The lowest BCUT2D eigenvalue weighted by atomic mass is 9.98. The molecule has 1 saturated heterocycles. The number of nitrogens with zero attached hydrogens (tertiary/aromatic N) is 2. The lowest BCUT2D eigenvalue weighted by Gasteiger charge is -2.18. The Kier molecular flexibility index (Phi) is 5.44. The first-order valence-electron chi connectivity index (χ1n) is 9.24. The molecule has 0 spiro atoms. The van der Waals surface area contributed by atoms with Crippen LogP contribution in [0.25, 0.3) is 0 Å². The first-order chi connectivity index (χ1) is 12.8. The summed E-state index contributed by atoms with van der Waals surface area (Å²) in [6.45, 7) is 4.90. The van der Waals surface area contributed by atoms with Crippen LogP contribution < -0.4 is 5.56 Å². The van der Waals surface area contributed by atoms with Gasteiger partial charge in [0.2, 0.25) is 0 Å². The van der Waals surface area contributed by atoms with Crippen LogP contribution in [0.2, 0.25) is 0 Å². The predicted octanol–water partition coefficient (Wildman–Crippen LogP) is 3.24. The molecule has 1 atom stereocenters. The Morgan fingerprint density at radius 2 is 1.85 bits per heavy atom. The van der Waals surface area contributed by atoms with Crippen molar-refractivity contribution in [3.05, 3.63) is 68.6 Å². The number of amides is 1. The van der Waals surface area contributed by atoms with Gasteiger partial charge in [-0.25, -0.2) is 8.78 Å². The van der Waals surface area contributed by atoms with Gasteiger partial charge in [0.25, 0.3) is 11.5 Å². The fraction of sp³-hybridized carbons (Fsp3) is 0.429. The number of aromatic nitrogens is 1. The third-order valence-electron chi connectivity index (χ3n) is 5.34.